The summed E-state index contributed by atoms with van der Waals surface area (Å²) in [5.74, 6) is 0.905. The molecule has 0 saturated carbocycles. The molecule has 0 bridgehead atoms. The quantitative estimate of drug-likeness (QED) is 0.175. The fourth-order valence-corrected chi connectivity index (χ4v) is 5.73. The third-order valence-corrected chi connectivity index (χ3v) is 8.68. The summed E-state index contributed by atoms with van der Waals surface area (Å²) < 4.78 is 38.5. The van der Waals surface area contributed by atoms with Crippen molar-refractivity contribution in [2.24, 2.45) is 0 Å². The third kappa shape index (κ3) is 9.58. The predicted molar refractivity (Wildman–Crippen MR) is 181 cm³/mol. The minimum Gasteiger partial charge on any atom is -0.497 e. The zero-order chi connectivity index (χ0) is 33.1. The molecule has 0 unspecified atom stereocenters. The molecular formula is C36H41N3O6S. The SMILES string of the molecule is CC[C@H](C)NC(=O)[C@@H](Cc1ccccc1)N(Cc1cccc(OC)c1)C(=O)CN(c1ccc(Oc2ccccc2)cc1)S(C)(=O)=O. The minimum atomic E-state index is -3.91. The lowest BCUT2D eigenvalue weighted by atomic mass is 10.0. The highest BCUT2D eigenvalue weighted by Gasteiger charge is 2.33. The van der Waals surface area contributed by atoms with Crippen LogP contribution in [0.1, 0.15) is 31.4 Å². The van der Waals surface area contributed by atoms with Crippen LogP contribution in [0.2, 0.25) is 0 Å². The van der Waals surface area contributed by atoms with Crippen LogP contribution < -0.4 is 19.1 Å². The van der Waals surface area contributed by atoms with E-state index in [2.05, 4.69) is 5.32 Å². The van der Waals surface area contributed by atoms with Gasteiger partial charge in [0.05, 0.1) is 19.1 Å². The van der Waals surface area contributed by atoms with E-state index in [4.69, 9.17) is 9.47 Å². The zero-order valence-electron chi connectivity index (χ0n) is 26.6. The van der Waals surface area contributed by atoms with E-state index in [0.29, 0.717) is 29.4 Å². The van der Waals surface area contributed by atoms with Crippen LogP contribution >= 0.6 is 0 Å². The number of benzene rings is 4. The van der Waals surface area contributed by atoms with Gasteiger partial charge in [-0.15, -0.1) is 0 Å². The number of hydrogen-bond acceptors (Lipinski definition) is 6. The number of sulfonamides is 1. The molecule has 4 rings (SSSR count). The lowest BCUT2D eigenvalue weighted by Gasteiger charge is -2.34. The number of carbonyl (C=O) groups is 2. The highest BCUT2D eigenvalue weighted by atomic mass is 32.2. The van der Waals surface area contributed by atoms with E-state index >= 15 is 0 Å². The van der Waals surface area contributed by atoms with E-state index in [0.717, 1.165) is 21.7 Å². The number of rotatable bonds is 15. The van der Waals surface area contributed by atoms with Gasteiger partial charge >= 0.3 is 0 Å². The molecule has 0 radical (unpaired) electrons. The van der Waals surface area contributed by atoms with Crippen molar-refractivity contribution < 1.29 is 27.5 Å². The molecule has 2 atom stereocenters. The van der Waals surface area contributed by atoms with Crippen LogP contribution in [0.15, 0.2) is 109 Å². The van der Waals surface area contributed by atoms with Gasteiger partial charge in [0.2, 0.25) is 21.8 Å². The normalized spacial score (nSPS) is 12.4. The summed E-state index contributed by atoms with van der Waals surface area (Å²) >= 11 is 0. The van der Waals surface area contributed by atoms with Crippen molar-refractivity contribution in [1.82, 2.24) is 10.2 Å². The molecule has 9 nitrogen and oxygen atoms in total. The van der Waals surface area contributed by atoms with Gasteiger partial charge in [-0.25, -0.2) is 8.42 Å². The summed E-state index contributed by atoms with van der Waals surface area (Å²) in [6, 6.07) is 31.4. The van der Waals surface area contributed by atoms with Crippen LogP contribution in [0.5, 0.6) is 17.2 Å². The Hall–Kier alpha value is -4.83. The molecule has 2 amide bonds. The molecule has 0 aliphatic carbocycles. The fraction of sp³-hybridized carbons (Fsp3) is 0.278. The van der Waals surface area contributed by atoms with E-state index in [1.165, 1.54) is 4.90 Å². The Morgan fingerprint density at radius 3 is 2.00 bits per heavy atom. The molecule has 0 aliphatic rings. The van der Waals surface area contributed by atoms with E-state index < -0.39 is 28.5 Å². The summed E-state index contributed by atoms with van der Waals surface area (Å²) in [4.78, 5) is 29.6. The Morgan fingerprint density at radius 2 is 1.39 bits per heavy atom. The van der Waals surface area contributed by atoms with E-state index in [9.17, 15) is 18.0 Å². The second-order valence-corrected chi connectivity index (χ2v) is 13.0. The maximum Gasteiger partial charge on any atom is 0.244 e. The van der Waals surface area contributed by atoms with Crippen molar-refractivity contribution >= 4 is 27.5 Å². The molecule has 4 aromatic rings. The summed E-state index contributed by atoms with van der Waals surface area (Å²) in [5.41, 5.74) is 1.89. The van der Waals surface area contributed by atoms with Gasteiger partial charge in [-0.05, 0) is 73.0 Å². The van der Waals surface area contributed by atoms with Gasteiger partial charge in [0.1, 0.15) is 29.8 Å². The average Bonchev–Trinajstić information content (AvgIpc) is 3.06. The van der Waals surface area contributed by atoms with Crippen LogP contribution in [-0.2, 0) is 32.6 Å². The van der Waals surface area contributed by atoms with Crippen molar-refractivity contribution in [1.29, 1.82) is 0 Å². The number of amides is 2. The molecule has 0 aromatic heterocycles. The second kappa shape index (κ2) is 15.9. The van der Waals surface area contributed by atoms with Crippen LogP contribution in [-0.4, -0.2) is 57.1 Å². The number of hydrogen-bond donors (Lipinski definition) is 1. The maximum absolute atomic E-state index is 14.3. The van der Waals surface area contributed by atoms with Crippen molar-refractivity contribution in [3.8, 4) is 17.2 Å². The highest BCUT2D eigenvalue weighted by Crippen LogP contribution is 2.26. The Balaban J connectivity index is 1.69. The lowest BCUT2D eigenvalue weighted by Crippen LogP contribution is -2.54. The Bertz CT molecular complexity index is 1680. The molecule has 0 saturated heterocycles. The highest BCUT2D eigenvalue weighted by molar-refractivity contribution is 7.92. The molecule has 1 N–H and O–H groups in total. The van der Waals surface area contributed by atoms with E-state index in [-0.39, 0.29) is 24.9 Å². The third-order valence-electron chi connectivity index (χ3n) is 7.54. The van der Waals surface area contributed by atoms with Crippen molar-refractivity contribution in [3.63, 3.8) is 0 Å². The number of nitrogens with one attached hydrogen (secondary N) is 1. The van der Waals surface area contributed by atoms with E-state index in [1.807, 2.05) is 86.6 Å². The van der Waals surface area contributed by atoms with Gasteiger partial charge in [0.25, 0.3) is 0 Å². The van der Waals surface area contributed by atoms with Crippen LogP contribution in [0.3, 0.4) is 0 Å². The first kappa shape index (κ1) is 34.1. The molecule has 0 spiro atoms. The van der Waals surface area contributed by atoms with Crippen LogP contribution in [0, 0.1) is 0 Å². The summed E-state index contributed by atoms with van der Waals surface area (Å²) in [7, 11) is -2.35. The molecule has 0 aliphatic heterocycles. The van der Waals surface area contributed by atoms with E-state index in [1.54, 1.807) is 43.5 Å². The number of ether oxygens (including phenoxy) is 2. The standard InChI is InChI=1S/C36H41N3O6S/c1-5-27(2)37-36(41)34(24-28-13-8-6-9-14-28)38(25-29-15-12-18-33(23-29)44-3)35(40)26-39(46(4,42)43)30-19-21-32(22-20-30)45-31-16-10-7-11-17-31/h6-23,27,34H,5,24-26H2,1-4H3,(H,37,41)/t27-,34+/m0/s1. The topological polar surface area (TPSA) is 105 Å². The van der Waals surface area contributed by atoms with Gasteiger partial charge in [-0.2, -0.15) is 0 Å². The van der Waals surface area contributed by atoms with Gasteiger partial charge in [0.15, 0.2) is 0 Å². The number of para-hydroxylation sites is 1. The molecule has 0 heterocycles. The smallest absolute Gasteiger partial charge is 0.244 e. The first-order chi connectivity index (χ1) is 22.1. The Morgan fingerprint density at radius 1 is 0.804 bits per heavy atom. The first-order valence-corrected chi connectivity index (χ1v) is 17.0. The Kier molecular flexibility index (Phi) is 11.8. The number of carbonyl (C=O) groups excluding carboxylic acids is 2. The maximum atomic E-state index is 14.3. The van der Waals surface area contributed by atoms with Gasteiger partial charge < -0.3 is 19.7 Å². The predicted octanol–water partition coefficient (Wildman–Crippen LogP) is 5.81. The number of anilines is 1. The summed E-state index contributed by atoms with van der Waals surface area (Å²) in [5, 5.41) is 3.03. The summed E-state index contributed by atoms with van der Waals surface area (Å²) in [6.07, 6.45) is 2.00. The molecular weight excluding hydrogens is 602 g/mol. The molecule has 10 heteroatoms. The molecule has 4 aromatic carbocycles. The Labute approximate surface area is 271 Å². The minimum absolute atomic E-state index is 0.0584. The van der Waals surface area contributed by atoms with Gasteiger partial charge in [0, 0.05) is 19.0 Å². The van der Waals surface area contributed by atoms with Crippen LogP contribution in [0.25, 0.3) is 0 Å². The van der Waals surface area contributed by atoms with Crippen LogP contribution in [0.4, 0.5) is 5.69 Å². The number of nitrogens with zero attached hydrogens (tertiary/aromatic N) is 2. The van der Waals surface area contributed by atoms with Crippen molar-refractivity contribution in [2.45, 2.75) is 45.3 Å². The van der Waals surface area contributed by atoms with Crippen molar-refractivity contribution in [3.05, 3.63) is 120 Å². The molecule has 242 valence electrons. The number of methoxy groups -OCH3 is 1. The van der Waals surface area contributed by atoms with Crippen molar-refractivity contribution in [2.75, 3.05) is 24.2 Å². The molecule has 0 fully saturated rings. The lowest BCUT2D eigenvalue weighted by molar-refractivity contribution is -0.140. The second-order valence-electron chi connectivity index (χ2n) is 11.1. The molecule has 46 heavy (non-hydrogen) atoms. The zero-order valence-corrected chi connectivity index (χ0v) is 27.4. The fourth-order valence-electron chi connectivity index (χ4n) is 4.88. The largest absolute Gasteiger partial charge is 0.497 e. The van der Waals surface area contributed by atoms with Gasteiger partial charge in [-0.3, -0.25) is 13.9 Å². The first-order valence-electron chi connectivity index (χ1n) is 15.1. The average molecular weight is 644 g/mol. The monoisotopic (exact) mass is 643 g/mol. The summed E-state index contributed by atoms with van der Waals surface area (Å²) in [6.45, 7) is 3.42. The van der Waals surface area contributed by atoms with Gasteiger partial charge in [-0.1, -0.05) is 67.6 Å².